The largest absolute Gasteiger partial charge is 0.379 e. The van der Waals surface area contributed by atoms with Gasteiger partial charge >= 0.3 is 6.03 Å². The summed E-state index contributed by atoms with van der Waals surface area (Å²) >= 11 is 0. The van der Waals surface area contributed by atoms with Gasteiger partial charge in [0.05, 0.1) is 13.2 Å². The van der Waals surface area contributed by atoms with E-state index < -0.39 is 0 Å². The number of hydrogen-bond acceptors (Lipinski definition) is 3. The van der Waals surface area contributed by atoms with Crippen molar-refractivity contribution in [1.29, 1.82) is 0 Å². The van der Waals surface area contributed by atoms with Gasteiger partial charge in [0.2, 0.25) is 0 Å². The van der Waals surface area contributed by atoms with Crippen molar-refractivity contribution in [3.63, 3.8) is 0 Å². The van der Waals surface area contributed by atoms with Crippen molar-refractivity contribution >= 4 is 11.7 Å². The molecule has 0 aliphatic carbocycles. The molecule has 1 aliphatic rings. The summed E-state index contributed by atoms with van der Waals surface area (Å²) in [6.45, 7) is 16.9. The Morgan fingerprint density at radius 2 is 1.65 bits per heavy atom. The van der Waals surface area contributed by atoms with Gasteiger partial charge < -0.3 is 15.4 Å². The van der Waals surface area contributed by atoms with Crippen LogP contribution in [0.25, 0.3) is 0 Å². The predicted molar refractivity (Wildman–Crippen MR) is 108 cm³/mol. The number of para-hydroxylation sites is 1. The van der Waals surface area contributed by atoms with Crippen LogP contribution >= 0.6 is 0 Å². The lowest BCUT2D eigenvalue weighted by Gasteiger charge is -2.40. The van der Waals surface area contributed by atoms with Gasteiger partial charge in [-0.3, -0.25) is 4.90 Å². The number of anilines is 1. The van der Waals surface area contributed by atoms with E-state index in [1.807, 2.05) is 0 Å². The number of urea groups is 1. The van der Waals surface area contributed by atoms with E-state index in [1.165, 1.54) is 11.1 Å². The normalized spacial score (nSPS) is 16.2. The van der Waals surface area contributed by atoms with Crippen LogP contribution in [0.4, 0.5) is 10.5 Å². The van der Waals surface area contributed by atoms with E-state index in [0.717, 1.165) is 32.0 Å². The van der Waals surface area contributed by atoms with E-state index in [1.54, 1.807) is 0 Å². The highest BCUT2D eigenvalue weighted by molar-refractivity contribution is 5.91. The number of benzene rings is 1. The summed E-state index contributed by atoms with van der Waals surface area (Å²) in [5, 5.41) is 6.19. The third-order valence-electron chi connectivity index (χ3n) is 5.16. The van der Waals surface area contributed by atoms with E-state index in [4.69, 9.17) is 4.74 Å². The Labute approximate surface area is 158 Å². The number of nitrogens with zero attached hydrogens (tertiary/aromatic N) is 1. The summed E-state index contributed by atoms with van der Waals surface area (Å²) in [5.74, 6) is 0.711. The summed E-state index contributed by atoms with van der Waals surface area (Å²) in [7, 11) is 0. The molecule has 1 heterocycles. The molecule has 1 saturated heterocycles. The van der Waals surface area contributed by atoms with Crippen LogP contribution in [0.5, 0.6) is 0 Å². The molecule has 1 aromatic carbocycles. The monoisotopic (exact) mass is 361 g/mol. The van der Waals surface area contributed by atoms with Crippen LogP contribution in [0.3, 0.4) is 0 Å². The van der Waals surface area contributed by atoms with Gasteiger partial charge in [-0.2, -0.15) is 0 Å². The smallest absolute Gasteiger partial charge is 0.319 e. The molecule has 26 heavy (non-hydrogen) atoms. The number of nitrogens with one attached hydrogen (secondary N) is 2. The fourth-order valence-corrected chi connectivity index (χ4v) is 3.43. The second-order valence-electron chi connectivity index (χ2n) is 8.34. The van der Waals surface area contributed by atoms with Crippen LogP contribution in [0.2, 0.25) is 0 Å². The van der Waals surface area contributed by atoms with E-state index in [9.17, 15) is 4.79 Å². The van der Waals surface area contributed by atoms with Crippen molar-refractivity contribution < 1.29 is 9.53 Å². The standard InChI is InChI=1S/C21H35N3O2/c1-15(2)17-8-7-9-18(16(3)4)19(17)23-20(25)22-14-21(5,6)24-10-12-26-13-11-24/h7-9,15-16H,10-14H2,1-6H3,(H2,22,23,25). The van der Waals surface area contributed by atoms with Gasteiger partial charge in [-0.25, -0.2) is 4.79 Å². The zero-order chi connectivity index (χ0) is 19.3. The van der Waals surface area contributed by atoms with E-state index >= 15 is 0 Å². The topological polar surface area (TPSA) is 53.6 Å². The Bertz CT molecular complexity index is 579. The second kappa shape index (κ2) is 8.87. The van der Waals surface area contributed by atoms with Crippen LogP contribution in [0.1, 0.15) is 64.5 Å². The van der Waals surface area contributed by atoms with Crippen molar-refractivity contribution in [1.82, 2.24) is 10.2 Å². The van der Waals surface area contributed by atoms with Gasteiger partial charge in [-0.05, 0) is 36.8 Å². The van der Waals surface area contributed by atoms with Crippen molar-refractivity contribution in [2.45, 2.75) is 58.9 Å². The third-order valence-corrected chi connectivity index (χ3v) is 5.16. The molecule has 0 unspecified atom stereocenters. The Morgan fingerprint density at radius 1 is 1.12 bits per heavy atom. The highest BCUT2D eigenvalue weighted by Gasteiger charge is 2.28. The van der Waals surface area contributed by atoms with Gasteiger partial charge in [0.25, 0.3) is 0 Å². The van der Waals surface area contributed by atoms with E-state index in [0.29, 0.717) is 18.4 Å². The first-order valence-corrected chi connectivity index (χ1v) is 9.73. The van der Waals surface area contributed by atoms with Crippen molar-refractivity contribution in [2.24, 2.45) is 0 Å². The molecule has 2 N–H and O–H groups in total. The maximum Gasteiger partial charge on any atom is 0.319 e. The summed E-state index contributed by atoms with van der Waals surface area (Å²) in [5.41, 5.74) is 3.22. The molecule has 1 fully saturated rings. The van der Waals surface area contributed by atoms with Gasteiger partial charge in [0, 0.05) is 30.9 Å². The molecule has 0 radical (unpaired) electrons. The Hall–Kier alpha value is -1.59. The highest BCUT2D eigenvalue weighted by Crippen LogP contribution is 2.32. The van der Waals surface area contributed by atoms with Crippen LogP contribution < -0.4 is 10.6 Å². The van der Waals surface area contributed by atoms with Gasteiger partial charge in [-0.15, -0.1) is 0 Å². The number of hydrogen-bond donors (Lipinski definition) is 2. The molecule has 1 aliphatic heterocycles. The van der Waals surface area contributed by atoms with Crippen LogP contribution in [0, 0.1) is 0 Å². The van der Waals surface area contributed by atoms with Crippen LogP contribution in [-0.2, 0) is 4.74 Å². The SMILES string of the molecule is CC(C)c1cccc(C(C)C)c1NC(=O)NCC(C)(C)N1CCOCC1. The molecule has 0 saturated carbocycles. The quantitative estimate of drug-likeness (QED) is 0.800. The first-order valence-electron chi connectivity index (χ1n) is 9.73. The first-order chi connectivity index (χ1) is 12.2. The fraction of sp³-hybridized carbons (Fsp3) is 0.667. The Balaban J connectivity index is 2.05. The summed E-state index contributed by atoms with van der Waals surface area (Å²) in [6.07, 6.45) is 0. The predicted octanol–water partition coefficient (Wildman–Crippen LogP) is 4.17. The molecular weight excluding hydrogens is 326 g/mol. The number of amides is 2. The average Bonchev–Trinajstić information content (AvgIpc) is 2.60. The Morgan fingerprint density at radius 3 is 2.15 bits per heavy atom. The van der Waals surface area contributed by atoms with Gasteiger partial charge in [-0.1, -0.05) is 45.9 Å². The molecule has 146 valence electrons. The third kappa shape index (κ3) is 5.21. The molecular formula is C21H35N3O2. The zero-order valence-electron chi connectivity index (χ0n) is 17.2. The average molecular weight is 362 g/mol. The molecule has 5 nitrogen and oxygen atoms in total. The number of morpholine rings is 1. The molecule has 0 spiro atoms. The number of carbonyl (C=O) groups excluding carboxylic acids is 1. The minimum atomic E-state index is -0.138. The van der Waals surface area contributed by atoms with Crippen LogP contribution in [0.15, 0.2) is 18.2 Å². The highest BCUT2D eigenvalue weighted by atomic mass is 16.5. The van der Waals surface area contributed by atoms with Crippen molar-refractivity contribution in [2.75, 3.05) is 38.2 Å². The lowest BCUT2D eigenvalue weighted by Crippen LogP contribution is -2.55. The van der Waals surface area contributed by atoms with Crippen molar-refractivity contribution in [3.8, 4) is 0 Å². The molecule has 5 heteroatoms. The lowest BCUT2D eigenvalue weighted by atomic mass is 9.93. The Kier molecular flexibility index (Phi) is 7.07. The minimum Gasteiger partial charge on any atom is -0.379 e. The van der Waals surface area contributed by atoms with Crippen molar-refractivity contribution in [3.05, 3.63) is 29.3 Å². The van der Waals surface area contributed by atoms with Gasteiger partial charge in [0.1, 0.15) is 0 Å². The second-order valence-corrected chi connectivity index (χ2v) is 8.34. The number of rotatable bonds is 6. The maximum atomic E-state index is 12.6. The van der Waals surface area contributed by atoms with E-state index in [2.05, 4.69) is 75.3 Å². The molecule has 0 atom stereocenters. The number of ether oxygens (including phenoxy) is 1. The fourth-order valence-electron chi connectivity index (χ4n) is 3.43. The molecule has 2 amide bonds. The number of carbonyl (C=O) groups is 1. The summed E-state index contributed by atoms with van der Waals surface area (Å²) in [4.78, 5) is 15.0. The molecule has 1 aromatic rings. The van der Waals surface area contributed by atoms with Gasteiger partial charge in [0.15, 0.2) is 0 Å². The summed E-state index contributed by atoms with van der Waals surface area (Å²) < 4.78 is 5.43. The summed E-state index contributed by atoms with van der Waals surface area (Å²) in [6, 6.07) is 6.14. The molecule has 0 bridgehead atoms. The lowest BCUT2D eigenvalue weighted by molar-refractivity contribution is -0.00863. The molecule has 0 aromatic heterocycles. The minimum absolute atomic E-state index is 0.0977. The maximum absolute atomic E-state index is 12.6. The van der Waals surface area contributed by atoms with E-state index in [-0.39, 0.29) is 11.6 Å². The van der Waals surface area contributed by atoms with Crippen LogP contribution in [-0.4, -0.2) is 49.3 Å². The first kappa shape index (κ1) is 20.7. The molecule has 2 rings (SSSR count). The zero-order valence-corrected chi connectivity index (χ0v) is 17.2.